The Balaban J connectivity index is 1.42. The number of fused-ring (bicyclic) bond motifs is 2. The van der Waals surface area contributed by atoms with Crippen LogP contribution in [0.25, 0.3) is 5.57 Å². The first-order chi connectivity index (χ1) is 15.0. The molecule has 2 aliphatic heterocycles. The molecule has 3 N–H and O–H groups in total. The van der Waals surface area contributed by atoms with E-state index in [1.54, 1.807) is 6.34 Å². The minimum absolute atomic E-state index is 0.0293. The Morgan fingerprint density at radius 1 is 1.03 bits per heavy atom. The number of hydrogen-bond donors (Lipinski definition) is 3. The lowest BCUT2D eigenvalue weighted by Gasteiger charge is -2.36. The van der Waals surface area contributed by atoms with Gasteiger partial charge in [0.1, 0.15) is 23.9 Å². The molecule has 2 aliphatic carbocycles. The summed E-state index contributed by atoms with van der Waals surface area (Å²) >= 11 is 0. The summed E-state index contributed by atoms with van der Waals surface area (Å²) in [5.41, 5.74) is 1.55. The van der Waals surface area contributed by atoms with Gasteiger partial charge in [-0.25, -0.2) is 9.98 Å². The second-order valence-corrected chi connectivity index (χ2v) is 9.27. The summed E-state index contributed by atoms with van der Waals surface area (Å²) in [4.78, 5) is 11.5. The lowest BCUT2D eigenvalue weighted by molar-refractivity contribution is -0.115. The Kier molecular flexibility index (Phi) is 3.80. The van der Waals surface area contributed by atoms with E-state index >= 15 is 0 Å². The first kappa shape index (κ1) is 18.8. The van der Waals surface area contributed by atoms with Crippen molar-refractivity contribution in [2.75, 3.05) is 5.32 Å². The van der Waals surface area contributed by atoms with E-state index in [9.17, 15) is 10.2 Å². The van der Waals surface area contributed by atoms with E-state index in [4.69, 9.17) is 4.99 Å². The smallest absolute Gasteiger partial charge is 0.137 e. The van der Waals surface area contributed by atoms with Gasteiger partial charge in [0.2, 0.25) is 0 Å². The molecule has 2 aromatic carbocycles. The van der Waals surface area contributed by atoms with Crippen molar-refractivity contribution in [2.24, 2.45) is 27.7 Å². The second-order valence-electron chi connectivity index (χ2n) is 9.27. The van der Waals surface area contributed by atoms with Crippen LogP contribution in [0.15, 0.2) is 76.8 Å². The highest BCUT2D eigenvalue weighted by Gasteiger charge is 2.89. The standard InChI is InChI=1S/C25H26N4O2/c1-15-20-24(2,25(20,31)21(15)30)29-13-18(16-9-5-3-6-10-16)19-22(26-14-27-23(19)29)28-17-11-7-4-8-12-17/h3-15,19-21,23,30-31H,1-2H3,(H,26,27,28)/t15?,19?,20-,21-,23?,24+,25?/m0/s1. The largest absolute Gasteiger partial charge is 0.390 e. The van der Waals surface area contributed by atoms with Crippen LogP contribution in [0.4, 0.5) is 5.69 Å². The molecule has 2 saturated carbocycles. The number of nitrogens with one attached hydrogen (secondary N) is 1. The third kappa shape index (κ3) is 2.29. The molecule has 158 valence electrons. The fourth-order valence-corrected chi connectivity index (χ4v) is 6.27. The number of aliphatic imine (C=N–C) groups is 2. The summed E-state index contributed by atoms with van der Waals surface area (Å²) in [7, 11) is 0. The van der Waals surface area contributed by atoms with Crippen LogP contribution < -0.4 is 5.32 Å². The Morgan fingerprint density at radius 2 is 1.71 bits per heavy atom. The van der Waals surface area contributed by atoms with E-state index in [2.05, 4.69) is 40.5 Å². The average molecular weight is 415 g/mol. The molecule has 0 spiro atoms. The molecule has 4 unspecified atom stereocenters. The zero-order valence-electron chi connectivity index (χ0n) is 17.6. The van der Waals surface area contributed by atoms with Gasteiger partial charge in [0, 0.05) is 17.8 Å². The summed E-state index contributed by atoms with van der Waals surface area (Å²) in [6, 6.07) is 20.3. The maximum Gasteiger partial charge on any atom is 0.137 e. The highest BCUT2D eigenvalue weighted by molar-refractivity contribution is 6.09. The van der Waals surface area contributed by atoms with Crippen molar-refractivity contribution in [3.05, 3.63) is 72.4 Å². The number of anilines is 1. The van der Waals surface area contributed by atoms with Gasteiger partial charge in [-0.15, -0.1) is 0 Å². The lowest BCUT2D eigenvalue weighted by Crippen LogP contribution is -2.51. The fraction of sp³-hybridized carbons (Fsp3) is 0.360. The van der Waals surface area contributed by atoms with E-state index in [0.717, 1.165) is 22.7 Å². The van der Waals surface area contributed by atoms with E-state index in [-0.39, 0.29) is 23.9 Å². The number of amidine groups is 1. The third-order valence-corrected chi connectivity index (χ3v) is 7.88. The maximum absolute atomic E-state index is 11.2. The number of aliphatic hydroxyl groups is 2. The minimum atomic E-state index is -1.09. The molecule has 0 radical (unpaired) electrons. The number of benzene rings is 2. The van der Waals surface area contributed by atoms with Crippen LogP contribution in [0.2, 0.25) is 0 Å². The average Bonchev–Trinajstić information content (AvgIpc) is 3.06. The maximum atomic E-state index is 11.2. The van der Waals surface area contributed by atoms with Gasteiger partial charge in [0.25, 0.3) is 0 Å². The quantitative estimate of drug-likeness (QED) is 0.721. The second kappa shape index (κ2) is 6.28. The molecule has 31 heavy (non-hydrogen) atoms. The topological polar surface area (TPSA) is 80.5 Å². The predicted octanol–water partition coefficient (Wildman–Crippen LogP) is 2.97. The number of para-hydroxylation sites is 1. The Labute approximate surface area is 181 Å². The van der Waals surface area contributed by atoms with Crippen LogP contribution in [0, 0.1) is 17.8 Å². The van der Waals surface area contributed by atoms with Crippen molar-refractivity contribution in [2.45, 2.75) is 37.3 Å². The molecule has 6 nitrogen and oxygen atoms in total. The predicted molar refractivity (Wildman–Crippen MR) is 122 cm³/mol. The Morgan fingerprint density at radius 3 is 2.35 bits per heavy atom. The van der Waals surface area contributed by atoms with Gasteiger partial charge in [0.15, 0.2) is 0 Å². The van der Waals surface area contributed by atoms with Gasteiger partial charge in [-0.2, -0.15) is 0 Å². The molecule has 4 aliphatic rings. The highest BCUT2D eigenvalue weighted by atomic mass is 16.4. The minimum Gasteiger partial charge on any atom is -0.390 e. The molecule has 6 heteroatoms. The van der Waals surface area contributed by atoms with Crippen LogP contribution in [0.3, 0.4) is 0 Å². The van der Waals surface area contributed by atoms with Crippen LogP contribution in [-0.2, 0) is 0 Å². The number of rotatable bonds is 3. The number of nitrogens with zero attached hydrogens (tertiary/aromatic N) is 3. The van der Waals surface area contributed by atoms with E-state index < -0.39 is 17.2 Å². The molecule has 0 amide bonds. The van der Waals surface area contributed by atoms with Crippen molar-refractivity contribution in [1.29, 1.82) is 0 Å². The summed E-state index contributed by atoms with van der Waals surface area (Å²) in [6.07, 6.45) is 2.81. The van der Waals surface area contributed by atoms with Crippen molar-refractivity contribution in [3.8, 4) is 0 Å². The third-order valence-electron chi connectivity index (χ3n) is 7.88. The van der Waals surface area contributed by atoms with E-state index in [1.165, 1.54) is 0 Å². The number of hydrogen-bond acceptors (Lipinski definition) is 6. The first-order valence-corrected chi connectivity index (χ1v) is 10.9. The molecular formula is C25H26N4O2. The molecule has 6 rings (SSSR count). The van der Waals surface area contributed by atoms with Gasteiger partial charge in [-0.05, 0) is 36.1 Å². The summed E-state index contributed by atoms with van der Waals surface area (Å²) < 4.78 is 0. The molecule has 7 atom stereocenters. The van der Waals surface area contributed by atoms with Crippen molar-refractivity contribution in [1.82, 2.24) is 4.90 Å². The normalized spacial score (nSPS) is 39.7. The van der Waals surface area contributed by atoms with Crippen LogP contribution in [0.1, 0.15) is 19.4 Å². The van der Waals surface area contributed by atoms with Crippen molar-refractivity contribution < 1.29 is 10.2 Å². The molecule has 2 fully saturated rings. The molecular weight excluding hydrogens is 388 g/mol. The summed E-state index contributed by atoms with van der Waals surface area (Å²) in [6.45, 7) is 4.07. The zero-order chi connectivity index (χ0) is 21.4. The van der Waals surface area contributed by atoms with Gasteiger partial charge >= 0.3 is 0 Å². The van der Waals surface area contributed by atoms with Gasteiger partial charge in [0.05, 0.1) is 17.6 Å². The van der Waals surface area contributed by atoms with Crippen molar-refractivity contribution >= 4 is 23.4 Å². The van der Waals surface area contributed by atoms with E-state index in [0.29, 0.717) is 0 Å². The van der Waals surface area contributed by atoms with Crippen molar-refractivity contribution in [3.63, 3.8) is 0 Å². The fourth-order valence-electron chi connectivity index (χ4n) is 6.27. The lowest BCUT2D eigenvalue weighted by atomic mass is 9.81. The van der Waals surface area contributed by atoms with Gasteiger partial charge < -0.3 is 20.4 Å². The summed E-state index contributed by atoms with van der Waals surface area (Å²) in [5.74, 6) is 0.828. The SMILES string of the molecule is CC1[C@@H]2C(O)([C@H]1O)[C@]2(C)N1C=C(c2ccccc2)C2C(Nc3ccccc3)=NC=NC21. The van der Waals surface area contributed by atoms with Crippen LogP contribution in [-0.4, -0.2) is 50.7 Å². The van der Waals surface area contributed by atoms with Crippen LogP contribution in [0.5, 0.6) is 0 Å². The zero-order valence-corrected chi connectivity index (χ0v) is 17.6. The van der Waals surface area contributed by atoms with Crippen LogP contribution >= 0.6 is 0 Å². The van der Waals surface area contributed by atoms with Gasteiger partial charge in [-0.1, -0.05) is 55.5 Å². The Bertz CT molecular complexity index is 1110. The monoisotopic (exact) mass is 414 g/mol. The molecule has 0 bridgehead atoms. The molecule has 2 aromatic rings. The van der Waals surface area contributed by atoms with E-state index in [1.807, 2.05) is 55.5 Å². The first-order valence-electron chi connectivity index (χ1n) is 10.9. The molecule has 0 aromatic heterocycles. The van der Waals surface area contributed by atoms with Gasteiger partial charge in [-0.3, -0.25) is 0 Å². The molecule has 2 heterocycles. The number of aliphatic hydroxyl groups excluding tert-OH is 1. The highest BCUT2D eigenvalue weighted by Crippen LogP contribution is 2.74. The Hall–Kier alpha value is -2.96. The summed E-state index contributed by atoms with van der Waals surface area (Å²) in [5, 5.41) is 25.3. The molecule has 0 saturated heterocycles.